The van der Waals surface area contributed by atoms with E-state index in [0.717, 1.165) is 11.2 Å². The van der Waals surface area contributed by atoms with Gasteiger partial charge in [-0.05, 0) is 6.92 Å². The van der Waals surface area contributed by atoms with Gasteiger partial charge in [0, 0.05) is 0 Å². The van der Waals surface area contributed by atoms with E-state index in [-0.39, 0.29) is 0 Å². The van der Waals surface area contributed by atoms with Crippen molar-refractivity contribution in [2.45, 2.75) is 34.6 Å². The molecule has 15 heavy (non-hydrogen) atoms. The Labute approximate surface area is 90.1 Å². The lowest BCUT2D eigenvalue weighted by Gasteiger charge is -1.90. The van der Waals surface area contributed by atoms with Crippen LogP contribution in [0.2, 0.25) is 0 Å². The fraction of sp³-hybridized carbons (Fsp3) is 0.500. The van der Waals surface area contributed by atoms with E-state index in [1.165, 1.54) is 6.33 Å². The summed E-state index contributed by atoms with van der Waals surface area (Å²) in [6, 6.07) is 0. The molecule has 0 bridgehead atoms. The van der Waals surface area contributed by atoms with Crippen LogP contribution in [0.3, 0.4) is 0 Å². The van der Waals surface area contributed by atoms with E-state index in [2.05, 4.69) is 20.2 Å². The van der Waals surface area contributed by atoms with Gasteiger partial charge in [0.2, 0.25) is 0 Å². The summed E-state index contributed by atoms with van der Waals surface area (Å²) < 4.78 is 0. The monoisotopic (exact) mass is 209 g/mol. The summed E-state index contributed by atoms with van der Waals surface area (Å²) in [6.45, 7) is 9.89. The summed E-state index contributed by atoms with van der Waals surface area (Å²) in [5, 5.41) is 6.73. The molecule has 0 spiro atoms. The number of rotatable bonds is 0. The zero-order chi connectivity index (χ0) is 11.8. The van der Waals surface area contributed by atoms with Crippen molar-refractivity contribution < 1.29 is 0 Å². The summed E-state index contributed by atoms with van der Waals surface area (Å²) in [5.41, 5.74) is 7.88. The maximum atomic E-state index is 5.54. The third-order valence-corrected chi connectivity index (χ3v) is 1.54. The molecule has 0 fully saturated rings. The SMILES string of the molecule is CC.CC.Cc1[nH]nc2c(N)ncnc12. The number of nitrogens with zero attached hydrogens (tertiary/aromatic N) is 3. The van der Waals surface area contributed by atoms with E-state index in [4.69, 9.17) is 5.73 Å². The highest BCUT2D eigenvalue weighted by Crippen LogP contribution is 2.14. The van der Waals surface area contributed by atoms with Crippen molar-refractivity contribution >= 4 is 16.9 Å². The van der Waals surface area contributed by atoms with Crippen molar-refractivity contribution in [1.82, 2.24) is 20.2 Å². The second-order valence-electron chi connectivity index (χ2n) is 2.30. The Morgan fingerprint density at radius 3 is 2.20 bits per heavy atom. The first-order chi connectivity index (χ1) is 7.29. The number of nitrogens with two attached hydrogens (primary N) is 1. The van der Waals surface area contributed by atoms with Gasteiger partial charge in [0.15, 0.2) is 11.3 Å². The molecule has 0 aliphatic rings. The van der Waals surface area contributed by atoms with Gasteiger partial charge in [-0.2, -0.15) is 5.10 Å². The zero-order valence-electron chi connectivity index (χ0n) is 10.00. The lowest BCUT2D eigenvalue weighted by atomic mass is 10.3. The number of aryl methyl sites for hydroxylation is 1. The second-order valence-corrected chi connectivity index (χ2v) is 2.30. The minimum atomic E-state index is 0.416. The summed E-state index contributed by atoms with van der Waals surface area (Å²) in [5.74, 6) is 0.416. The standard InChI is InChI=1S/C6H7N5.2C2H6/c1-3-4-5(11-10-3)6(7)9-2-8-4;2*1-2/h2H,1H3,(H,10,11)(H2,7,8,9);2*1-2H3. The van der Waals surface area contributed by atoms with Crippen molar-refractivity contribution in [2.75, 3.05) is 5.73 Å². The highest BCUT2D eigenvalue weighted by atomic mass is 15.1. The van der Waals surface area contributed by atoms with Gasteiger partial charge in [-0.1, -0.05) is 27.7 Å². The van der Waals surface area contributed by atoms with Crippen LogP contribution in [0, 0.1) is 6.92 Å². The Bertz CT molecular complexity index is 394. The Morgan fingerprint density at radius 1 is 1.07 bits per heavy atom. The molecule has 0 saturated carbocycles. The third kappa shape index (κ3) is 2.90. The van der Waals surface area contributed by atoms with Crippen LogP contribution in [0.15, 0.2) is 6.33 Å². The van der Waals surface area contributed by atoms with Crippen molar-refractivity contribution in [3.05, 3.63) is 12.0 Å². The fourth-order valence-electron chi connectivity index (χ4n) is 0.970. The van der Waals surface area contributed by atoms with Crippen LogP contribution in [0.4, 0.5) is 5.82 Å². The van der Waals surface area contributed by atoms with E-state index >= 15 is 0 Å². The fourth-order valence-corrected chi connectivity index (χ4v) is 0.970. The molecule has 84 valence electrons. The lowest BCUT2D eigenvalue weighted by molar-refractivity contribution is 1.07. The number of fused-ring (bicyclic) bond motifs is 1. The molecule has 0 aliphatic heterocycles. The molecule has 3 N–H and O–H groups in total. The number of aromatic nitrogens is 4. The summed E-state index contributed by atoms with van der Waals surface area (Å²) >= 11 is 0. The first-order valence-corrected chi connectivity index (χ1v) is 5.20. The molecular formula is C10H19N5. The minimum Gasteiger partial charge on any atom is -0.382 e. The average molecular weight is 209 g/mol. The zero-order valence-corrected chi connectivity index (χ0v) is 10.00. The van der Waals surface area contributed by atoms with Crippen LogP contribution in [0.1, 0.15) is 33.4 Å². The molecular weight excluding hydrogens is 190 g/mol. The van der Waals surface area contributed by atoms with Crippen LogP contribution in [-0.2, 0) is 0 Å². The van der Waals surface area contributed by atoms with E-state index in [1.54, 1.807) is 0 Å². The summed E-state index contributed by atoms with van der Waals surface area (Å²) in [7, 11) is 0. The molecule has 0 saturated heterocycles. The molecule has 0 unspecified atom stereocenters. The Hall–Kier alpha value is -1.65. The number of nitrogen functional groups attached to an aromatic ring is 1. The van der Waals surface area contributed by atoms with Crippen LogP contribution in [0.25, 0.3) is 11.0 Å². The van der Waals surface area contributed by atoms with Gasteiger partial charge >= 0.3 is 0 Å². The molecule has 5 heteroatoms. The van der Waals surface area contributed by atoms with E-state index < -0.39 is 0 Å². The predicted molar refractivity (Wildman–Crippen MR) is 63.5 cm³/mol. The quantitative estimate of drug-likeness (QED) is 0.697. The topological polar surface area (TPSA) is 80.5 Å². The average Bonchev–Trinajstić information content (AvgIpc) is 2.68. The summed E-state index contributed by atoms with van der Waals surface area (Å²) in [4.78, 5) is 7.82. The first kappa shape index (κ1) is 13.4. The van der Waals surface area contributed by atoms with Crippen LogP contribution in [-0.4, -0.2) is 20.2 Å². The van der Waals surface area contributed by atoms with Gasteiger partial charge in [0.05, 0.1) is 5.69 Å². The normalized spacial score (nSPS) is 8.60. The number of aromatic amines is 1. The maximum Gasteiger partial charge on any atom is 0.155 e. The summed E-state index contributed by atoms with van der Waals surface area (Å²) in [6.07, 6.45) is 1.43. The molecule has 0 radical (unpaired) electrons. The molecule has 2 heterocycles. The van der Waals surface area contributed by atoms with Crippen LogP contribution < -0.4 is 5.73 Å². The number of H-pyrrole nitrogens is 1. The third-order valence-electron chi connectivity index (χ3n) is 1.54. The molecule has 2 aromatic heterocycles. The highest BCUT2D eigenvalue weighted by Gasteiger charge is 2.04. The molecule has 0 aliphatic carbocycles. The Balaban J connectivity index is 0.000000442. The van der Waals surface area contributed by atoms with E-state index in [0.29, 0.717) is 11.3 Å². The molecule has 0 aromatic carbocycles. The largest absolute Gasteiger partial charge is 0.382 e. The predicted octanol–water partition coefficient (Wildman–Crippen LogP) is 2.30. The molecule has 0 amide bonds. The molecule has 5 nitrogen and oxygen atoms in total. The first-order valence-electron chi connectivity index (χ1n) is 5.20. The molecule has 0 atom stereocenters. The number of hydrogen-bond donors (Lipinski definition) is 2. The van der Waals surface area contributed by atoms with Gasteiger partial charge in [-0.3, -0.25) is 5.10 Å². The number of anilines is 1. The van der Waals surface area contributed by atoms with Crippen LogP contribution >= 0.6 is 0 Å². The minimum absolute atomic E-state index is 0.416. The van der Waals surface area contributed by atoms with Crippen molar-refractivity contribution in [3.8, 4) is 0 Å². The van der Waals surface area contributed by atoms with E-state index in [1.807, 2.05) is 34.6 Å². The van der Waals surface area contributed by atoms with Gasteiger partial charge < -0.3 is 5.73 Å². The van der Waals surface area contributed by atoms with Crippen molar-refractivity contribution in [1.29, 1.82) is 0 Å². The second kappa shape index (κ2) is 6.75. The highest BCUT2D eigenvalue weighted by molar-refractivity contribution is 5.85. The number of nitrogens with one attached hydrogen (secondary N) is 1. The van der Waals surface area contributed by atoms with Gasteiger partial charge in [-0.15, -0.1) is 0 Å². The molecule has 2 aromatic rings. The molecule has 2 rings (SSSR count). The van der Waals surface area contributed by atoms with Gasteiger partial charge in [0.25, 0.3) is 0 Å². The van der Waals surface area contributed by atoms with Crippen molar-refractivity contribution in [3.63, 3.8) is 0 Å². The Kier molecular flexibility index (Phi) is 6.01. The maximum absolute atomic E-state index is 5.54. The number of hydrogen-bond acceptors (Lipinski definition) is 4. The van der Waals surface area contributed by atoms with E-state index in [9.17, 15) is 0 Å². The Morgan fingerprint density at radius 2 is 1.67 bits per heavy atom. The van der Waals surface area contributed by atoms with Gasteiger partial charge in [0.1, 0.15) is 11.8 Å². The lowest BCUT2D eigenvalue weighted by Crippen LogP contribution is -1.91. The van der Waals surface area contributed by atoms with Gasteiger partial charge in [-0.25, -0.2) is 9.97 Å². The van der Waals surface area contributed by atoms with Crippen molar-refractivity contribution in [2.24, 2.45) is 0 Å². The smallest absolute Gasteiger partial charge is 0.155 e. The van der Waals surface area contributed by atoms with Crippen LogP contribution in [0.5, 0.6) is 0 Å².